The maximum absolute atomic E-state index is 6.04. The van der Waals surface area contributed by atoms with Crippen molar-refractivity contribution in [3.8, 4) is 5.75 Å². The summed E-state index contributed by atoms with van der Waals surface area (Å²) in [6, 6.07) is 2.86. The quantitative estimate of drug-likeness (QED) is 0.447. The van der Waals surface area contributed by atoms with E-state index in [0.29, 0.717) is 29.8 Å². The second kappa shape index (κ2) is 10.2. The smallest absolute Gasteiger partial charge is 0.222 e. The van der Waals surface area contributed by atoms with Crippen LogP contribution in [0.4, 0.5) is 11.8 Å². The van der Waals surface area contributed by atoms with E-state index in [2.05, 4.69) is 31.3 Å². The predicted molar refractivity (Wildman–Crippen MR) is 150 cm³/mol. The van der Waals surface area contributed by atoms with Gasteiger partial charge in [0, 0.05) is 32.0 Å². The van der Waals surface area contributed by atoms with E-state index < -0.39 is 0 Å². The number of hydrogen-bond donors (Lipinski definition) is 2. The molecule has 0 unspecified atom stereocenters. The van der Waals surface area contributed by atoms with Crippen LogP contribution in [0, 0.1) is 11.3 Å². The Kier molecular flexibility index (Phi) is 6.55. The van der Waals surface area contributed by atoms with Gasteiger partial charge in [0.25, 0.3) is 0 Å². The van der Waals surface area contributed by atoms with Gasteiger partial charge in [-0.15, -0.1) is 0 Å². The van der Waals surface area contributed by atoms with Crippen LogP contribution in [0.25, 0.3) is 11.0 Å². The normalized spacial score (nSPS) is 22.3. The highest BCUT2D eigenvalue weighted by Crippen LogP contribution is 2.63. The largest absolute Gasteiger partial charge is 0.495 e. The number of piperidine rings is 1. The molecule has 0 bridgehead atoms. The van der Waals surface area contributed by atoms with Gasteiger partial charge < -0.3 is 25.4 Å². The average Bonchev–Trinajstić information content (AvgIpc) is 3.66. The third-order valence-electron chi connectivity index (χ3n) is 9.64. The topological polar surface area (TPSA) is 116 Å². The SMILES string of the molecule is COc1cc(C2CCN(C3CCOCC3)CC2)cnc1Cn1ncc2nc(N)nc(NCC3CC4(CC4)C3)c21. The van der Waals surface area contributed by atoms with Gasteiger partial charge >= 0.3 is 0 Å². The Labute approximate surface area is 229 Å². The van der Waals surface area contributed by atoms with Gasteiger partial charge in [-0.2, -0.15) is 10.1 Å². The summed E-state index contributed by atoms with van der Waals surface area (Å²) in [5, 5.41) is 8.20. The van der Waals surface area contributed by atoms with Crippen molar-refractivity contribution in [2.75, 3.05) is 51.0 Å². The maximum atomic E-state index is 6.04. The van der Waals surface area contributed by atoms with Crippen molar-refractivity contribution in [2.24, 2.45) is 11.3 Å². The zero-order valence-electron chi connectivity index (χ0n) is 22.9. The lowest BCUT2D eigenvalue weighted by Crippen LogP contribution is -2.43. The van der Waals surface area contributed by atoms with E-state index in [-0.39, 0.29) is 5.95 Å². The Morgan fingerprint density at radius 3 is 2.64 bits per heavy atom. The minimum absolute atomic E-state index is 0.264. The number of aromatic nitrogens is 5. The molecule has 1 spiro atoms. The van der Waals surface area contributed by atoms with Crippen LogP contribution >= 0.6 is 0 Å². The van der Waals surface area contributed by atoms with E-state index >= 15 is 0 Å². The maximum Gasteiger partial charge on any atom is 0.222 e. The molecule has 0 atom stereocenters. The highest BCUT2D eigenvalue weighted by Gasteiger charge is 2.52. The average molecular weight is 533 g/mol. The van der Waals surface area contributed by atoms with Gasteiger partial charge in [0.15, 0.2) is 5.82 Å². The molecular weight excluding hydrogens is 492 g/mol. The molecule has 4 aliphatic rings. The summed E-state index contributed by atoms with van der Waals surface area (Å²) >= 11 is 0. The molecule has 7 rings (SSSR count). The van der Waals surface area contributed by atoms with Gasteiger partial charge in [0.05, 0.1) is 19.9 Å². The number of anilines is 2. The minimum atomic E-state index is 0.264. The van der Waals surface area contributed by atoms with E-state index in [1.165, 1.54) is 31.2 Å². The van der Waals surface area contributed by atoms with Crippen LogP contribution in [-0.2, 0) is 11.3 Å². The Balaban J connectivity index is 1.05. The predicted octanol–water partition coefficient (Wildman–Crippen LogP) is 3.82. The van der Waals surface area contributed by atoms with Crippen molar-refractivity contribution >= 4 is 22.8 Å². The van der Waals surface area contributed by atoms with Crippen LogP contribution in [0.1, 0.15) is 68.5 Å². The van der Waals surface area contributed by atoms with Crippen molar-refractivity contribution in [3.63, 3.8) is 0 Å². The summed E-state index contributed by atoms with van der Waals surface area (Å²) in [7, 11) is 1.72. The number of nitrogen functional groups attached to an aromatic ring is 1. The molecule has 4 fully saturated rings. The highest BCUT2D eigenvalue weighted by atomic mass is 16.5. The first-order valence-electron chi connectivity index (χ1n) is 14.7. The van der Waals surface area contributed by atoms with E-state index in [1.807, 2.05) is 10.9 Å². The lowest BCUT2D eigenvalue weighted by molar-refractivity contribution is 0.0251. The number of nitrogens with zero attached hydrogens (tertiary/aromatic N) is 6. The molecule has 2 aliphatic carbocycles. The zero-order valence-corrected chi connectivity index (χ0v) is 22.9. The van der Waals surface area contributed by atoms with Gasteiger partial charge in [-0.3, -0.25) is 9.67 Å². The summed E-state index contributed by atoms with van der Waals surface area (Å²) in [4.78, 5) is 16.5. The van der Waals surface area contributed by atoms with E-state index in [1.54, 1.807) is 13.3 Å². The Morgan fingerprint density at radius 1 is 1.10 bits per heavy atom. The number of hydrogen-bond acceptors (Lipinski definition) is 9. The molecule has 10 nitrogen and oxygen atoms in total. The molecule has 39 heavy (non-hydrogen) atoms. The van der Waals surface area contributed by atoms with Gasteiger partial charge in [-0.05, 0) is 93.3 Å². The van der Waals surface area contributed by atoms with Crippen molar-refractivity contribution in [2.45, 2.75) is 69.9 Å². The molecule has 2 saturated carbocycles. The molecular formula is C29H40N8O2. The lowest BCUT2D eigenvalue weighted by atomic mass is 9.72. The van der Waals surface area contributed by atoms with E-state index in [0.717, 1.165) is 86.8 Å². The molecule has 2 saturated heterocycles. The molecule has 0 radical (unpaired) electrons. The number of methoxy groups -OCH3 is 1. The summed E-state index contributed by atoms with van der Waals surface area (Å²) < 4.78 is 13.3. The lowest BCUT2D eigenvalue weighted by Gasteiger charge is -2.39. The van der Waals surface area contributed by atoms with Crippen LogP contribution in [0.3, 0.4) is 0 Å². The fraction of sp³-hybridized carbons (Fsp3) is 0.655. The molecule has 0 amide bonds. The first-order valence-corrected chi connectivity index (χ1v) is 14.7. The monoisotopic (exact) mass is 532 g/mol. The van der Waals surface area contributed by atoms with Gasteiger partial charge in [-0.1, -0.05) is 0 Å². The number of fused-ring (bicyclic) bond motifs is 1. The first kappa shape index (κ1) is 25.0. The number of ether oxygens (including phenoxy) is 2. The van der Waals surface area contributed by atoms with Gasteiger partial charge in [-0.25, -0.2) is 4.98 Å². The van der Waals surface area contributed by atoms with E-state index in [4.69, 9.17) is 20.2 Å². The summed E-state index contributed by atoms with van der Waals surface area (Å²) in [6.45, 7) is 5.46. The Bertz CT molecular complexity index is 1320. The van der Waals surface area contributed by atoms with Crippen molar-refractivity contribution in [3.05, 3.63) is 29.7 Å². The van der Waals surface area contributed by atoms with Crippen LogP contribution in [0.2, 0.25) is 0 Å². The fourth-order valence-electron chi connectivity index (χ4n) is 7.19. The zero-order chi connectivity index (χ0) is 26.4. The highest BCUT2D eigenvalue weighted by molar-refractivity contribution is 5.86. The molecule has 3 aromatic rings. The van der Waals surface area contributed by atoms with Gasteiger partial charge in [0.1, 0.15) is 22.5 Å². The molecule has 2 aliphatic heterocycles. The third-order valence-corrected chi connectivity index (χ3v) is 9.64. The molecule has 3 N–H and O–H groups in total. The molecule has 0 aromatic carbocycles. The minimum Gasteiger partial charge on any atom is -0.495 e. The number of nitrogens with two attached hydrogens (primary N) is 1. The number of nitrogens with one attached hydrogen (secondary N) is 1. The summed E-state index contributed by atoms with van der Waals surface area (Å²) in [6.07, 6.45) is 13.9. The number of pyridine rings is 1. The van der Waals surface area contributed by atoms with Crippen LogP contribution in [0.15, 0.2) is 18.5 Å². The Morgan fingerprint density at radius 2 is 1.90 bits per heavy atom. The molecule has 5 heterocycles. The van der Waals surface area contributed by atoms with Crippen LogP contribution in [-0.4, -0.2) is 75.6 Å². The van der Waals surface area contributed by atoms with Crippen molar-refractivity contribution in [1.82, 2.24) is 29.6 Å². The number of rotatable bonds is 8. The van der Waals surface area contributed by atoms with Crippen molar-refractivity contribution < 1.29 is 9.47 Å². The van der Waals surface area contributed by atoms with Crippen LogP contribution < -0.4 is 15.8 Å². The van der Waals surface area contributed by atoms with Gasteiger partial charge in [0.2, 0.25) is 5.95 Å². The summed E-state index contributed by atoms with van der Waals surface area (Å²) in [5.41, 5.74) is 10.4. The van der Waals surface area contributed by atoms with E-state index in [9.17, 15) is 0 Å². The summed E-state index contributed by atoms with van der Waals surface area (Å²) in [5.74, 6) is 3.03. The molecule has 208 valence electrons. The second-order valence-electron chi connectivity index (χ2n) is 12.2. The molecule has 3 aromatic heterocycles. The third kappa shape index (κ3) is 5.04. The second-order valence-corrected chi connectivity index (χ2v) is 12.2. The molecule has 10 heteroatoms. The fourth-order valence-corrected chi connectivity index (χ4v) is 7.19. The standard InChI is InChI=1S/C29H40N8O2/c1-38-25-12-21(20-2-8-36(9-3-20)22-4-10-39-11-5-22)16-31-24(25)18-37-26-23(17-33-37)34-28(30)35-27(26)32-15-19-13-29(14-19)6-7-29/h12,16-17,19-20,22H,2-11,13-15,18H2,1H3,(H3,30,32,34,35). The number of likely N-dealkylation sites (tertiary alicyclic amines) is 1. The first-order chi connectivity index (χ1) is 19.1. The Hall–Kier alpha value is -2.98. The van der Waals surface area contributed by atoms with Crippen molar-refractivity contribution in [1.29, 1.82) is 0 Å². The van der Waals surface area contributed by atoms with Crippen LogP contribution in [0.5, 0.6) is 5.75 Å².